The first-order chi connectivity index (χ1) is 14.0. The van der Waals surface area contributed by atoms with Crippen LogP contribution in [0.3, 0.4) is 0 Å². The number of nitrogens with one attached hydrogen (secondary N) is 1. The molecular weight excluding hydrogens is 366 g/mol. The van der Waals surface area contributed by atoms with Gasteiger partial charge in [0.1, 0.15) is 5.82 Å². The number of rotatable bonds is 6. The minimum Gasteiger partial charge on any atom is -0.360 e. The molecule has 0 bridgehead atoms. The fourth-order valence-corrected chi connectivity index (χ4v) is 3.64. The predicted molar refractivity (Wildman–Crippen MR) is 112 cm³/mol. The number of H-pyrrole nitrogens is 1. The Hall–Kier alpha value is -2.54. The van der Waals surface area contributed by atoms with E-state index in [-0.39, 0.29) is 0 Å². The van der Waals surface area contributed by atoms with Gasteiger partial charge in [0.15, 0.2) is 0 Å². The maximum atomic E-state index is 12.7. The lowest BCUT2D eigenvalue weighted by Gasteiger charge is -2.27. The number of fused-ring (bicyclic) bond motifs is 1. The summed E-state index contributed by atoms with van der Waals surface area (Å²) in [7, 11) is 0. The Kier molecular flexibility index (Phi) is 5.76. The van der Waals surface area contributed by atoms with E-state index in [0.717, 1.165) is 48.9 Å². The van der Waals surface area contributed by atoms with Crippen LogP contribution in [0.1, 0.15) is 54.9 Å². The Morgan fingerprint density at radius 1 is 1.14 bits per heavy atom. The maximum absolute atomic E-state index is 12.7. The number of hydroxylamine groups is 2. The van der Waals surface area contributed by atoms with Crippen LogP contribution in [0.15, 0.2) is 42.5 Å². The van der Waals surface area contributed by atoms with Gasteiger partial charge in [-0.15, -0.1) is 0 Å². The Bertz CT molecular complexity index is 1010. The average molecular weight is 393 g/mol. The first-order valence-electron chi connectivity index (χ1n) is 10.3. The van der Waals surface area contributed by atoms with E-state index in [2.05, 4.69) is 35.9 Å². The maximum Gasteiger partial charge on any atom is 0.239 e. The summed E-state index contributed by atoms with van der Waals surface area (Å²) in [4.78, 5) is 26.1. The second-order valence-corrected chi connectivity index (χ2v) is 7.91. The van der Waals surface area contributed by atoms with Crippen LogP contribution in [-0.2, 0) is 4.84 Å². The van der Waals surface area contributed by atoms with Gasteiger partial charge in [-0.1, -0.05) is 44.5 Å². The van der Waals surface area contributed by atoms with E-state index in [1.54, 1.807) is 23.3 Å². The summed E-state index contributed by atoms with van der Waals surface area (Å²) in [6.07, 6.45) is 1.69. The van der Waals surface area contributed by atoms with Crippen LogP contribution in [0.5, 0.6) is 0 Å². The molecule has 4 rings (SSSR count). The van der Waals surface area contributed by atoms with Crippen molar-refractivity contribution < 1.29 is 14.7 Å². The molecule has 3 aromatic rings. The number of piperidine rings is 1. The highest BCUT2D eigenvalue weighted by Gasteiger charge is 2.23. The molecule has 1 unspecified atom stereocenters. The number of hydrogen-bond acceptors (Lipinski definition) is 5. The summed E-state index contributed by atoms with van der Waals surface area (Å²) in [5, 5.41) is 11.9. The van der Waals surface area contributed by atoms with Crippen molar-refractivity contribution in [1.82, 2.24) is 15.0 Å². The van der Waals surface area contributed by atoms with Gasteiger partial charge < -0.3 is 10.1 Å². The van der Waals surface area contributed by atoms with Crippen LogP contribution in [0.25, 0.3) is 22.4 Å². The largest absolute Gasteiger partial charge is 0.360 e. The molecule has 6 nitrogen and oxygen atoms in total. The molecule has 0 amide bonds. The van der Waals surface area contributed by atoms with E-state index in [1.807, 2.05) is 12.1 Å². The zero-order chi connectivity index (χ0) is 20.4. The van der Waals surface area contributed by atoms with Gasteiger partial charge >= 0.3 is 0 Å². The molecule has 2 aromatic carbocycles. The van der Waals surface area contributed by atoms with Gasteiger partial charge in [0.2, 0.25) is 12.1 Å². The van der Waals surface area contributed by atoms with Crippen LogP contribution < -0.4 is 0 Å². The average Bonchev–Trinajstić information content (AvgIpc) is 3.17. The topological polar surface area (TPSA) is 78.5 Å². The molecular formula is C23H27N3O3. The molecule has 1 aromatic heterocycles. The second kappa shape index (κ2) is 8.45. The molecule has 0 radical (unpaired) electrons. The fraction of sp³-hybridized carbons (Fsp3) is 0.391. The molecule has 152 valence electrons. The van der Waals surface area contributed by atoms with Crippen LogP contribution in [0.2, 0.25) is 0 Å². The quantitative estimate of drug-likeness (QED) is 0.483. The molecule has 2 heterocycles. The molecule has 0 aliphatic carbocycles. The van der Waals surface area contributed by atoms with E-state index in [9.17, 15) is 9.90 Å². The number of nitrogens with zero attached hydrogens (tertiary/aromatic N) is 2. The first kappa shape index (κ1) is 19.8. The molecule has 29 heavy (non-hydrogen) atoms. The van der Waals surface area contributed by atoms with Gasteiger partial charge in [-0.2, -0.15) is 5.06 Å². The third kappa shape index (κ3) is 4.40. The number of Topliss-reactive ketones (excluding diaryl/α,β-unsaturated/α-hetero) is 1. The highest BCUT2D eigenvalue weighted by Crippen LogP contribution is 2.25. The molecule has 1 aliphatic rings. The molecule has 2 N–H and O–H groups in total. The molecule has 6 heteroatoms. The summed E-state index contributed by atoms with van der Waals surface area (Å²) < 4.78 is 0. The summed E-state index contributed by atoms with van der Waals surface area (Å²) in [5.41, 5.74) is 4.29. The highest BCUT2D eigenvalue weighted by atomic mass is 16.8. The van der Waals surface area contributed by atoms with Crippen LogP contribution >= 0.6 is 0 Å². The lowest BCUT2D eigenvalue weighted by Crippen LogP contribution is -2.37. The Morgan fingerprint density at radius 3 is 2.69 bits per heavy atom. The minimum atomic E-state index is -1.49. The van der Waals surface area contributed by atoms with E-state index < -0.39 is 12.1 Å². The smallest absolute Gasteiger partial charge is 0.239 e. The molecule has 1 atom stereocenters. The lowest BCUT2D eigenvalue weighted by molar-refractivity contribution is -0.248. The lowest BCUT2D eigenvalue weighted by atomic mass is 10.0. The molecule has 0 spiro atoms. The number of carbonyl (C=O) groups excluding carboxylic acids is 1. The van der Waals surface area contributed by atoms with Gasteiger partial charge in [0.25, 0.3) is 0 Å². The van der Waals surface area contributed by atoms with Crippen molar-refractivity contribution in [3.8, 4) is 11.4 Å². The summed E-state index contributed by atoms with van der Waals surface area (Å²) in [5.74, 6) is 0.686. The fourth-order valence-electron chi connectivity index (χ4n) is 3.64. The SMILES string of the molecule is CC(C)c1ccc2nc(-c3cccc(C(=O)C(O)ON4CCCCC4)c3)[nH]c2c1. The van der Waals surface area contributed by atoms with Crippen molar-refractivity contribution >= 4 is 16.8 Å². The van der Waals surface area contributed by atoms with Gasteiger partial charge in [-0.3, -0.25) is 9.63 Å². The Morgan fingerprint density at radius 2 is 1.93 bits per heavy atom. The normalized spacial score (nSPS) is 16.4. The van der Waals surface area contributed by atoms with Crippen molar-refractivity contribution in [2.75, 3.05) is 13.1 Å². The number of carbonyl (C=O) groups is 1. The van der Waals surface area contributed by atoms with Crippen molar-refractivity contribution in [2.24, 2.45) is 0 Å². The van der Waals surface area contributed by atoms with Crippen LogP contribution in [-0.4, -0.2) is 45.3 Å². The number of aliphatic hydroxyl groups excluding tert-OH is 1. The monoisotopic (exact) mass is 393 g/mol. The molecule has 1 aliphatic heterocycles. The first-order valence-corrected chi connectivity index (χ1v) is 10.3. The summed E-state index contributed by atoms with van der Waals surface area (Å²) in [6, 6.07) is 13.3. The standard InChI is InChI=1S/C23H27N3O3/c1-15(2)16-9-10-19-20(14-16)25-22(24-19)18-8-6-7-17(13-18)21(27)23(28)29-26-11-4-3-5-12-26/h6-10,13-15,23,28H,3-5,11-12H2,1-2H3,(H,24,25). The number of benzene rings is 2. The third-order valence-corrected chi connectivity index (χ3v) is 5.38. The van der Waals surface area contributed by atoms with Crippen molar-refractivity contribution in [3.63, 3.8) is 0 Å². The van der Waals surface area contributed by atoms with E-state index in [4.69, 9.17) is 4.84 Å². The zero-order valence-electron chi connectivity index (χ0n) is 16.9. The number of ketones is 1. The molecule has 0 saturated carbocycles. The number of aromatic amines is 1. The Labute approximate surface area is 170 Å². The summed E-state index contributed by atoms with van der Waals surface area (Å²) in [6.45, 7) is 5.79. The minimum absolute atomic E-state index is 0.398. The van der Waals surface area contributed by atoms with Gasteiger partial charge in [0.05, 0.1) is 11.0 Å². The zero-order valence-corrected chi connectivity index (χ0v) is 16.9. The number of aromatic nitrogens is 2. The van der Waals surface area contributed by atoms with E-state index in [1.165, 1.54) is 5.56 Å². The molecule has 1 fully saturated rings. The van der Waals surface area contributed by atoms with Gasteiger partial charge in [-0.25, -0.2) is 4.98 Å². The number of aliphatic hydroxyl groups is 1. The number of hydrogen-bond donors (Lipinski definition) is 2. The van der Waals surface area contributed by atoms with E-state index >= 15 is 0 Å². The van der Waals surface area contributed by atoms with Crippen molar-refractivity contribution in [3.05, 3.63) is 53.6 Å². The third-order valence-electron chi connectivity index (χ3n) is 5.38. The summed E-state index contributed by atoms with van der Waals surface area (Å²) >= 11 is 0. The molecule has 1 saturated heterocycles. The van der Waals surface area contributed by atoms with Gasteiger partial charge in [0, 0.05) is 24.2 Å². The van der Waals surface area contributed by atoms with Crippen molar-refractivity contribution in [2.45, 2.75) is 45.3 Å². The Balaban J connectivity index is 1.55. The predicted octanol–water partition coefficient (Wildman–Crippen LogP) is 4.27. The van der Waals surface area contributed by atoms with Crippen LogP contribution in [0, 0.1) is 0 Å². The second-order valence-electron chi connectivity index (χ2n) is 7.91. The van der Waals surface area contributed by atoms with Crippen molar-refractivity contribution in [1.29, 1.82) is 0 Å². The highest BCUT2D eigenvalue weighted by molar-refractivity contribution is 5.99. The van der Waals surface area contributed by atoms with Gasteiger partial charge in [-0.05, 0) is 42.5 Å². The van der Waals surface area contributed by atoms with Crippen LogP contribution in [0.4, 0.5) is 0 Å². The van der Waals surface area contributed by atoms with E-state index in [0.29, 0.717) is 17.3 Å². The number of imidazole rings is 1.